The first-order valence-corrected chi connectivity index (χ1v) is 11.5. The smallest absolute Gasteiger partial charge is 0.261 e. The fourth-order valence-corrected chi connectivity index (χ4v) is 6.18. The number of aromatic hydroxyl groups is 1. The number of H-pyrrole nitrogens is 1. The summed E-state index contributed by atoms with van der Waals surface area (Å²) in [5, 5.41) is 22.8. The minimum absolute atomic E-state index is 0.0771. The second kappa shape index (κ2) is 7.18. The number of hydrogen-bond donors (Lipinski definition) is 4. The van der Waals surface area contributed by atoms with Gasteiger partial charge in [-0.15, -0.1) is 0 Å². The van der Waals surface area contributed by atoms with E-state index >= 15 is 0 Å². The molecule has 7 nitrogen and oxygen atoms in total. The number of benzene rings is 1. The molecule has 5 rings (SSSR count). The van der Waals surface area contributed by atoms with Crippen LogP contribution in [-0.2, 0) is 18.3 Å². The van der Waals surface area contributed by atoms with Gasteiger partial charge in [-0.1, -0.05) is 6.07 Å². The molecule has 0 bridgehead atoms. The average Bonchev–Trinajstić information content (AvgIpc) is 3.55. The number of nitrogens with two attached hydrogens (primary N) is 1. The Bertz CT molecular complexity index is 1150. The normalized spacial score (nSPS) is 29.9. The molecular weight excluding hydrogens is 406 g/mol. The number of pyridine rings is 1. The molecule has 2 heterocycles. The number of amides is 1. The van der Waals surface area contributed by atoms with Crippen LogP contribution in [0.1, 0.15) is 58.9 Å². The van der Waals surface area contributed by atoms with E-state index in [4.69, 9.17) is 5.73 Å². The Hall–Kier alpha value is -2.64. The number of aromatic amines is 1. The highest BCUT2D eigenvalue weighted by molar-refractivity contribution is 5.92. The predicted molar refractivity (Wildman–Crippen MR) is 121 cm³/mol. The summed E-state index contributed by atoms with van der Waals surface area (Å²) in [5.74, 6) is 0.0947. The highest BCUT2D eigenvalue weighted by Crippen LogP contribution is 2.54. The molecular formula is C25H31N3O4. The molecule has 5 N–H and O–H groups in total. The minimum atomic E-state index is -1.14. The summed E-state index contributed by atoms with van der Waals surface area (Å²) in [7, 11) is 0. The van der Waals surface area contributed by atoms with Gasteiger partial charge >= 0.3 is 0 Å². The Kier molecular flexibility index (Phi) is 4.76. The Morgan fingerprint density at radius 3 is 2.72 bits per heavy atom. The Balaban J connectivity index is 1.69. The van der Waals surface area contributed by atoms with Gasteiger partial charge in [-0.2, -0.15) is 0 Å². The standard InChI is InChI=1S/C25H31N3O4/c1-14-3-6-18(29)10-20(14)24-7-8-28(13-16-4-5-16)15(2)25(24,32)11-17-9-19(22(26)30)23(31)27-21(17)12-24/h3,6,9-10,15-16,29,32H,4-5,7-8,11-13H2,1-2H3,(H2,26,30)(H,27,31)/t15-,24-,25-/m1/s1. The summed E-state index contributed by atoms with van der Waals surface area (Å²) in [5.41, 5.74) is 6.45. The van der Waals surface area contributed by atoms with Crippen molar-refractivity contribution in [1.82, 2.24) is 9.88 Å². The van der Waals surface area contributed by atoms with Gasteiger partial charge in [-0.25, -0.2) is 0 Å². The van der Waals surface area contributed by atoms with E-state index in [-0.39, 0.29) is 17.4 Å². The van der Waals surface area contributed by atoms with Crippen molar-refractivity contribution in [2.24, 2.45) is 11.7 Å². The number of carbonyl (C=O) groups excluding carboxylic acids is 1. The number of rotatable bonds is 4. The van der Waals surface area contributed by atoms with Crippen LogP contribution in [0.25, 0.3) is 0 Å². The van der Waals surface area contributed by atoms with Crippen molar-refractivity contribution in [3.05, 3.63) is 62.6 Å². The topological polar surface area (TPSA) is 120 Å². The van der Waals surface area contributed by atoms with E-state index in [0.29, 0.717) is 25.2 Å². The van der Waals surface area contributed by atoms with E-state index in [1.807, 2.05) is 13.0 Å². The molecule has 2 aromatic rings. The van der Waals surface area contributed by atoms with Crippen molar-refractivity contribution >= 4 is 5.91 Å². The van der Waals surface area contributed by atoms with Gasteiger partial charge in [-0.05, 0) is 80.5 Å². The highest BCUT2D eigenvalue weighted by Gasteiger charge is 2.61. The third kappa shape index (κ3) is 3.10. The average molecular weight is 438 g/mol. The van der Waals surface area contributed by atoms with Crippen LogP contribution in [0.3, 0.4) is 0 Å². The summed E-state index contributed by atoms with van der Waals surface area (Å²) < 4.78 is 0. The van der Waals surface area contributed by atoms with E-state index in [2.05, 4.69) is 16.8 Å². The lowest BCUT2D eigenvalue weighted by Gasteiger charge is -2.60. The molecule has 170 valence electrons. The fourth-order valence-electron chi connectivity index (χ4n) is 6.18. The van der Waals surface area contributed by atoms with E-state index in [9.17, 15) is 19.8 Å². The number of carbonyl (C=O) groups is 1. The van der Waals surface area contributed by atoms with Gasteiger partial charge in [0.25, 0.3) is 11.5 Å². The Labute approximate surface area is 187 Å². The maximum atomic E-state index is 12.5. The SMILES string of the molecule is Cc1ccc(O)cc1[C@]12CCN(CC3CC3)[C@H](C)[C@]1(O)Cc1cc(C(N)=O)c(=O)[nH]c1C2. The zero-order chi connectivity index (χ0) is 22.8. The Morgan fingerprint density at radius 1 is 1.28 bits per heavy atom. The number of fused-ring (bicyclic) bond motifs is 2. The fraction of sp³-hybridized carbons (Fsp3) is 0.520. The maximum absolute atomic E-state index is 12.5. The lowest BCUT2D eigenvalue weighted by molar-refractivity contribution is -0.139. The van der Waals surface area contributed by atoms with Crippen LogP contribution in [-0.4, -0.2) is 50.7 Å². The van der Waals surface area contributed by atoms with Crippen LogP contribution in [0.5, 0.6) is 5.75 Å². The number of primary amides is 1. The van der Waals surface area contributed by atoms with Gasteiger partial charge in [0.05, 0.1) is 5.60 Å². The van der Waals surface area contributed by atoms with Crippen molar-refractivity contribution in [2.75, 3.05) is 13.1 Å². The van der Waals surface area contributed by atoms with Gasteiger partial charge in [-0.3, -0.25) is 14.5 Å². The third-order valence-electron chi connectivity index (χ3n) is 8.24. The van der Waals surface area contributed by atoms with Crippen LogP contribution in [0, 0.1) is 12.8 Å². The monoisotopic (exact) mass is 437 g/mol. The largest absolute Gasteiger partial charge is 0.508 e. The van der Waals surface area contributed by atoms with Gasteiger partial charge in [0.1, 0.15) is 11.3 Å². The van der Waals surface area contributed by atoms with E-state index in [0.717, 1.165) is 35.5 Å². The summed E-state index contributed by atoms with van der Waals surface area (Å²) in [6.45, 7) is 5.90. The zero-order valence-corrected chi connectivity index (χ0v) is 18.6. The van der Waals surface area contributed by atoms with E-state index in [1.54, 1.807) is 18.2 Å². The first-order chi connectivity index (χ1) is 15.1. The number of piperidine rings is 1. The molecule has 0 spiro atoms. The summed E-state index contributed by atoms with van der Waals surface area (Å²) in [4.78, 5) is 29.6. The van der Waals surface area contributed by atoms with Gasteiger partial charge in [0, 0.05) is 36.5 Å². The molecule has 1 aliphatic heterocycles. The second-order valence-electron chi connectivity index (χ2n) is 10.1. The van der Waals surface area contributed by atoms with Gasteiger partial charge < -0.3 is 20.9 Å². The minimum Gasteiger partial charge on any atom is -0.508 e. The molecule has 0 unspecified atom stereocenters. The van der Waals surface area contributed by atoms with Crippen molar-refractivity contribution in [1.29, 1.82) is 0 Å². The van der Waals surface area contributed by atoms with Crippen LogP contribution >= 0.6 is 0 Å². The van der Waals surface area contributed by atoms with Gasteiger partial charge in [0.15, 0.2) is 0 Å². The van der Waals surface area contributed by atoms with Crippen molar-refractivity contribution in [2.45, 2.75) is 63.0 Å². The number of aryl methyl sites for hydroxylation is 1. The lowest BCUT2D eigenvalue weighted by Crippen LogP contribution is -2.71. The number of nitrogens with one attached hydrogen (secondary N) is 1. The number of aliphatic hydroxyl groups is 1. The first-order valence-electron chi connectivity index (χ1n) is 11.5. The van der Waals surface area contributed by atoms with Crippen LogP contribution in [0.15, 0.2) is 29.1 Å². The molecule has 0 radical (unpaired) electrons. The van der Waals surface area contributed by atoms with E-state index in [1.165, 1.54) is 12.8 Å². The number of hydrogen-bond acceptors (Lipinski definition) is 5. The number of phenols is 1. The number of aromatic nitrogens is 1. The second-order valence-corrected chi connectivity index (χ2v) is 10.1. The quantitative estimate of drug-likeness (QED) is 0.581. The molecule has 1 aromatic carbocycles. The van der Waals surface area contributed by atoms with Gasteiger partial charge in [0.2, 0.25) is 0 Å². The molecule has 7 heteroatoms. The zero-order valence-electron chi connectivity index (χ0n) is 18.6. The maximum Gasteiger partial charge on any atom is 0.261 e. The third-order valence-corrected chi connectivity index (χ3v) is 8.24. The molecule has 1 amide bonds. The van der Waals surface area contributed by atoms with Crippen LogP contribution < -0.4 is 11.3 Å². The number of phenolic OH excluding ortho intramolecular Hbond substituents is 1. The van der Waals surface area contributed by atoms with Crippen molar-refractivity contribution in [3.8, 4) is 5.75 Å². The lowest BCUT2D eigenvalue weighted by atomic mass is 9.53. The van der Waals surface area contributed by atoms with Crippen LogP contribution in [0.2, 0.25) is 0 Å². The molecule has 1 saturated carbocycles. The van der Waals surface area contributed by atoms with Crippen molar-refractivity contribution < 1.29 is 15.0 Å². The molecule has 32 heavy (non-hydrogen) atoms. The molecule has 1 saturated heterocycles. The number of likely N-dealkylation sites (tertiary alicyclic amines) is 1. The molecule has 3 atom stereocenters. The molecule has 2 aliphatic carbocycles. The summed E-state index contributed by atoms with van der Waals surface area (Å²) in [6.07, 6.45) is 3.93. The number of nitrogens with zero attached hydrogens (tertiary/aromatic N) is 1. The predicted octanol–water partition coefficient (Wildman–Crippen LogP) is 1.76. The highest BCUT2D eigenvalue weighted by atomic mass is 16.3. The summed E-state index contributed by atoms with van der Waals surface area (Å²) >= 11 is 0. The van der Waals surface area contributed by atoms with Crippen LogP contribution in [0.4, 0.5) is 0 Å². The molecule has 3 aliphatic rings. The first kappa shape index (κ1) is 21.2. The van der Waals surface area contributed by atoms with Crippen molar-refractivity contribution in [3.63, 3.8) is 0 Å². The van der Waals surface area contributed by atoms with E-state index < -0.39 is 22.5 Å². The summed E-state index contributed by atoms with van der Waals surface area (Å²) in [6, 6.07) is 6.74. The molecule has 2 fully saturated rings. The molecule has 1 aromatic heterocycles. The Morgan fingerprint density at radius 2 is 2.03 bits per heavy atom.